The van der Waals surface area contributed by atoms with Crippen LogP contribution in [0.1, 0.15) is 85.0 Å². The average Bonchev–Trinajstić information content (AvgIpc) is 3.01. The second-order valence-electron chi connectivity index (χ2n) is 13.2. The van der Waals surface area contributed by atoms with Crippen molar-refractivity contribution in [3.8, 4) is 0 Å². The molecule has 14 atom stereocenters. The Kier molecular flexibility index (Phi) is 13.4. The highest BCUT2D eigenvalue weighted by molar-refractivity contribution is 5.78. The fourth-order valence-electron chi connectivity index (χ4n) is 7.34. The molecule has 2 aliphatic carbocycles. The number of nitrogens with two attached hydrogens (primary N) is 1. The molecule has 0 radical (unpaired) electrons. The normalized spacial score (nSPS) is 42.2. The quantitative estimate of drug-likeness (QED) is 0.144. The summed E-state index contributed by atoms with van der Waals surface area (Å²) in [5, 5.41) is 55.3. The molecular formula is C31H54N2O12. The van der Waals surface area contributed by atoms with Crippen LogP contribution in [-0.2, 0) is 33.3 Å². The van der Waals surface area contributed by atoms with E-state index in [2.05, 4.69) is 5.32 Å². The van der Waals surface area contributed by atoms with E-state index in [1.807, 2.05) is 6.92 Å². The average molecular weight is 647 g/mol. The molecule has 2 heterocycles. The van der Waals surface area contributed by atoms with Gasteiger partial charge in [0, 0.05) is 6.92 Å². The van der Waals surface area contributed by atoms with E-state index in [1.54, 1.807) is 6.92 Å². The maximum absolute atomic E-state index is 12.6. The summed E-state index contributed by atoms with van der Waals surface area (Å²) in [6, 6.07) is -1.08. The van der Waals surface area contributed by atoms with Crippen molar-refractivity contribution in [1.29, 1.82) is 0 Å². The Morgan fingerprint density at radius 2 is 1.60 bits per heavy atom. The number of aliphatic hydroxyl groups excluding tert-OH is 5. The molecule has 4 rings (SSSR count). The number of primary amides is 1. The van der Waals surface area contributed by atoms with Crippen LogP contribution in [0.3, 0.4) is 0 Å². The number of carbonyl (C=O) groups excluding carboxylic acids is 2. The zero-order valence-electron chi connectivity index (χ0n) is 26.6. The molecule has 45 heavy (non-hydrogen) atoms. The molecule has 0 aromatic heterocycles. The molecule has 2 amide bonds. The molecule has 260 valence electrons. The van der Waals surface area contributed by atoms with Crippen LogP contribution in [-0.4, -0.2) is 124 Å². The monoisotopic (exact) mass is 646 g/mol. The van der Waals surface area contributed by atoms with Crippen LogP contribution in [0, 0.1) is 11.8 Å². The molecule has 8 N–H and O–H groups in total. The molecule has 5 unspecified atom stereocenters. The van der Waals surface area contributed by atoms with Crippen molar-refractivity contribution in [3.63, 3.8) is 0 Å². The topological polar surface area (TPSA) is 219 Å². The summed E-state index contributed by atoms with van der Waals surface area (Å²) in [5.41, 5.74) is 5.76. The smallest absolute Gasteiger partial charge is 0.246 e. The minimum atomic E-state index is -1.50. The lowest BCUT2D eigenvalue weighted by Gasteiger charge is -2.48. The molecule has 0 aromatic rings. The molecule has 0 spiro atoms. The SMILES string of the molecule is CCC1CCC[C@@H](O[C@@H]2O[C@@H](CO)[C@H](O)C(O[C@@H](CC3CCCCC3)C(N)=O)C2NC(C)=O)[C@@H]1OC1O[C@@H](C)C(O)[C@H](O)[C@@H]1O. The fourth-order valence-corrected chi connectivity index (χ4v) is 7.34. The summed E-state index contributed by atoms with van der Waals surface area (Å²) in [5.74, 6) is -0.925. The summed E-state index contributed by atoms with van der Waals surface area (Å²) < 4.78 is 30.8. The van der Waals surface area contributed by atoms with Crippen molar-refractivity contribution < 1.29 is 58.8 Å². The number of rotatable bonds is 12. The zero-order chi connectivity index (χ0) is 32.8. The first-order valence-electron chi connectivity index (χ1n) is 16.6. The number of aliphatic hydroxyl groups is 5. The number of hydrogen-bond acceptors (Lipinski definition) is 12. The van der Waals surface area contributed by atoms with E-state index in [4.69, 9.17) is 29.4 Å². The van der Waals surface area contributed by atoms with Crippen LogP contribution >= 0.6 is 0 Å². The van der Waals surface area contributed by atoms with Crippen LogP contribution in [0.5, 0.6) is 0 Å². The van der Waals surface area contributed by atoms with E-state index < -0.39 is 98.1 Å². The zero-order valence-corrected chi connectivity index (χ0v) is 26.6. The maximum Gasteiger partial charge on any atom is 0.246 e. The van der Waals surface area contributed by atoms with Gasteiger partial charge in [-0.25, -0.2) is 0 Å². The number of nitrogens with one attached hydrogen (secondary N) is 1. The minimum Gasteiger partial charge on any atom is -0.394 e. The van der Waals surface area contributed by atoms with Crippen molar-refractivity contribution in [1.82, 2.24) is 5.32 Å². The Morgan fingerprint density at radius 1 is 0.889 bits per heavy atom. The van der Waals surface area contributed by atoms with Crippen molar-refractivity contribution in [2.45, 2.75) is 165 Å². The molecule has 0 bridgehead atoms. The Bertz CT molecular complexity index is 954. The van der Waals surface area contributed by atoms with Gasteiger partial charge >= 0.3 is 0 Å². The maximum atomic E-state index is 12.6. The third kappa shape index (κ3) is 8.92. The molecule has 4 aliphatic rings. The lowest BCUT2D eigenvalue weighted by Crippen LogP contribution is -2.67. The van der Waals surface area contributed by atoms with E-state index in [9.17, 15) is 35.1 Å². The van der Waals surface area contributed by atoms with Gasteiger partial charge in [0.2, 0.25) is 11.8 Å². The number of hydrogen-bond donors (Lipinski definition) is 7. The molecule has 4 fully saturated rings. The predicted molar refractivity (Wildman–Crippen MR) is 158 cm³/mol. The molecule has 0 aromatic carbocycles. The molecule has 14 heteroatoms. The third-order valence-corrected chi connectivity index (χ3v) is 9.96. The van der Waals surface area contributed by atoms with E-state index in [1.165, 1.54) is 6.92 Å². The Labute approximate surface area is 264 Å². The summed E-state index contributed by atoms with van der Waals surface area (Å²) in [6.45, 7) is 4.29. The van der Waals surface area contributed by atoms with Crippen molar-refractivity contribution >= 4 is 11.8 Å². The van der Waals surface area contributed by atoms with Gasteiger partial charge in [-0.05, 0) is 38.0 Å². The summed E-state index contributed by atoms with van der Waals surface area (Å²) >= 11 is 0. The standard InChI is InChI=1S/C31H54N2O12/c1-4-18-11-8-12-19(27(18)45-31-26(39)25(38)23(36)15(2)41-31)43-30-22(33-16(3)35)28(24(37)21(14-34)44-30)42-20(29(32)40)13-17-9-6-5-7-10-17/h15,17-28,30-31,34,36-39H,4-14H2,1-3H3,(H2,32,40)(H,33,35)/t15-,18?,19+,20-,21-,22?,23?,24-,25-,26-,27+,28?,30+,31?/m0/s1. The van der Waals surface area contributed by atoms with Gasteiger partial charge in [-0.15, -0.1) is 0 Å². The van der Waals surface area contributed by atoms with Crippen LogP contribution in [0.2, 0.25) is 0 Å². The molecule has 2 aliphatic heterocycles. The highest BCUT2D eigenvalue weighted by atomic mass is 16.7. The number of ether oxygens (including phenoxy) is 5. The lowest BCUT2D eigenvalue weighted by molar-refractivity contribution is -0.337. The van der Waals surface area contributed by atoms with E-state index in [0.717, 1.165) is 44.9 Å². The van der Waals surface area contributed by atoms with Gasteiger partial charge in [0.1, 0.15) is 48.8 Å². The molecule has 14 nitrogen and oxygen atoms in total. The first kappa shape index (κ1) is 36.4. The van der Waals surface area contributed by atoms with Gasteiger partial charge < -0.3 is 60.3 Å². The summed E-state index contributed by atoms with van der Waals surface area (Å²) in [7, 11) is 0. The third-order valence-electron chi connectivity index (χ3n) is 9.96. The van der Waals surface area contributed by atoms with Crippen LogP contribution in [0.4, 0.5) is 0 Å². The van der Waals surface area contributed by atoms with Crippen molar-refractivity contribution in [2.75, 3.05) is 6.61 Å². The predicted octanol–water partition coefficient (Wildman–Crippen LogP) is -0.413. The Hall–Kier alpha value is -1.46. The summed E-state index contributed by atoms with van der Waals surface area (Å²) in [4.78, 5) is 25.0. The van der Waals surface area contributed by atoms with Gasteiger partial charge in [-0.1, -0.05) is 51.9 Å². The fraction of sp³-hybridized carbons (Fsp3) is 0.935. The largest absolute Gasteiger partial charge is 0.394 e. The molecule has 2 saturated carbocycles. The molecular weight excluding hydrogens is 592 g/mol. The van der Waals surface area contributed by atoms with Gasteiger partial charge in [0.05, 0.1) is 24.9 Å². The van der Waals surface area contributed by atoms with E-state index in [-0.39, 0.29) is 11.8 Å². The van der Waals surface area contributed by atoms with Gasteiger partial charge in [-0.2, -0.15) is 0 Å². The first-order chi connectivity index (χ1) is 21.4. The summed E-state index contributed by atoms with van der Waals surface area (Å²) in [6.07, 6.45) is -5.28. The highest BCUT2D eigenvalue weighted by Crippen LogP contribution is 2.37. The highest BCUT2D eigenvalue weighted by Gasteiger charge is 2.51. The van der Waals surface area contributed by atoms with E-state index >= 15 is 0 Å². The number of amides is 2. The van der Waals surface area contributed by atoms with Gasteiger partial charge in [-0.3, -0.25) is 9.59 Å². The van der Waals surface area contributed by atoms with Crippen molar-refractivity contribution in [2.24, 2.45) is 17.6 Å². The lowest BCUT2D eigenvalue weighted by atomic mass is 9.82. The second-order valence-corrected chi connectivity index (χ2v) is 13.2. The minimum absolute atomic E-state index is 0.0253. The first-order valence-corrected chi connectivity index (χ1v) is 16.6. The van der Waals surface area contributed by atoms with Gasteiger partial charge in [0.25, 0.3) is 0 Å². The van der Waals surface area contributed by atoms with Crippen LogP contribution < -0.4 is 11.1 Å². The van der Waals surface area contributed by atoms with Crippen molar-refractivity contribution in [3.05, 3.63) is 0 Å². The molecule has 2 saturated heterocycles. The second kappa shape index (κ2) is 16.6. The Balaban J connectivity index is 1.57. The van der Waals surface area contributed by atoms with E-state index in [0.29, 0.717) is 19.3 Å². The van der Waals surface area contributed by atoms with Gasteiger partial charge in [0.15, 0.2) is 12.6 Å². The van der Waals surface area contributed by atoms with Crippen LogP contribution in [0.15, 0.2) is 0 Å². The van der Waals surface area contributed by atoms with Crippen LogP contribution in [0.25, 0.3) is 0 Å². The number of carbonyl (C=O) groups is 2. The Morgan fingerprint density at radius 3 is 2.22 bits per heavy atom.